The second-order valence-electron chi connectivity index (χ2n) is 11.3. The monoisotopic (exact) mass is 550 g/mol. The van der Waals surface area contributed by atoms with Crippen molar-refractivity contribution >= 4 is 34.8 Å². The third-order valence-electron chi connectivity index (χ3n) is 7.09. The van der Waals surface area contributed by atoms with Crippen LogP contribution < -0.4 is 27.1 Å². The number of anilines is 1. The molecule has 0 saturated heterocycles. The number of ether oxygens (including phenoxy) is 1. The predicted octanol–water partition coefficient (Wildman–Crippen LogP) is 2.59. The van der Waals surface area contributed by atoms with Crippen LogP contribution in [-0.2, 0) is 25.7 Å². The van der Waals surface area contributed by atoms with Crippen LogP contribution in [0.4, 0.5) is 5.69 Å². The average Bonchev–Trinajstić information content (AvgIpc) is 2.89. The number of amides is 3. The molecule has 0 radical (unpaired) electrons. The second-order valence-corrected chi connectivity index (χ2v) is 11.3. The van der Waals surface area contributed by atoms with Crippen molar-refractivity contribution in [3.05, 3.63) is 65.2 Å². The minimum atomic E-state index is -0.795. The number of fused-ring (bicyclic) bond motifs is 2. The minimum Gasteiger partial charge on any atom is -0.396 e. The van der Waals surface area contributed by atoms with Gasteiger partial charge in [0.05, 0.1) is 42.2 Å². The molecule has 0 fully saturated rings. The zero-order valence-electron chi connectivity index (χ0n) is 24.3. The van der Waals surface area contributed by atoms with Gasteiger partial charge < -0.3 is 31.0 Å². The second kappa shape index (κ2) is 12.5. The van der Waals surface area contributed by atoms with E-state index in [1.54, 1.807) is 32.8 Å². The lowest BCUT2D eigenvalue weighted by Crippen LogP contribution is -2.45. The fraction of sp³-hybridized carbons (Fsp3) is 0.433. The number of nitrogens with one attached hydrogen (secondary N) is 2. The largest absolute Gasteiger partial charge is 0.396 e. The van der Waals surface area contributed by atoms with Crippen molar-refractivity contribution in [2.45, 2.75) is 52.7 Å². The molecule has 0 atom stereocenters. The molecule has 10 nitrogen and oxygen atoms in total. The van der Waals surface area contributed by atoms with E-state index in [0.29, 0.717) is 23.5 Å². The normalized spacial score (nSPS) is 15.3. The fourth-order valence-electron chi connectivity index (χ4n) is 4.67. The smallest absolute Gasteiger partial charge is 0.246 e. The number of hydrazine groups is 1. The van der Waals surface area contributed by atoms with Crippen molar-refractivity contribution in [1.29, 1.82) is 0 Å². The third kappa shape index (κ3) is 7.19. The van der Waals surface area contributed by atoms with Crippen molar-refractivity contribution in [3.8, 4) is 0 Å². The molecule has 2 aromatic carbocycles. The Balaban J connectivity index is 1.76. The molecule has 1 aliphatic rings. The van der Waals surface area contributed by atoms with Gasteiger partial charge in [-0.1, -0.05) is 56.3 Å². The standard InChI is InChI=1S/C30H42N6O4/c1-29(2,15-16-40-30(3,4)17-24(37)33-5)28(39)34-18-25(38)36-19-20-11-7-8-12-21(20)26(31)27(35(6)32)22-13-9-10-14-23(22)36/h7-14H,15-19,31-32H2,1-6H3,(H,33,37)(H,34,39)/b27-26-. The van der Waals surface area contributed by atoms with Gasteiger partial charge in [0.1, 0.15) is 0 Å². The summed E-state index contributed by atoms with van der Waals surface area (Å²) in [7, 11) is 3.29. The summed E-state index contributed by atoms with van der Waals surface area (Å²) in [6, 6.07) is 15.1. The Morgan fingerprint density at radius 3 is 2.30 bits per heavy atom. The van der Waals surface area contributed by atoms with Gasteiger partial charge >= 0.3 is 0 Å². The van der Waals surface area contributed by atoms with Gasteiger partial charge in [0, 0.05) is 37.2 Å². The number of para-hydroxylation sites is 1. The van der Waals surface area contributed by atoms with Gasteiger partial charge in [-0.2, -0.15) is 0 Å². The van der Waals surface area contributed by atoms with E-state index in [1.807, 2.05) is 62.4 Å². The van der Waals surface area contributed by atoms with E-state index in [1.165, 1.54) is 5.01 Å². The number of carbonyl (C=O) groups excluding carboxylic acids is 3. The molecule has 10 heteroatoms. The van der Waals surface area contributed by atoms with E-state index >= 15 is 0 Å². The van der Waals surface area contributed by atoms with Crippen LogP contribution in [0.25, 0.3) is 11.4 Å². The molecule has 0 bridgehead atoms. The highest BCUT2D eigenvalue weighted by Crippen LogP contribution is 2.36. The van der Waals surface area contributed by atoms with Crippen LogP contribution in [0.2, 0.25) is 0 Å². The van der Waals surface area contributed by atoms with E-state index in [-0.39, 0.29) is 43.8 Å². The van der Waals surface area contributed by atoms with Gasteiger partial charge in [0.25, 0.3) is 0 Å². The Labute approximate surface area is 236 Å². The summed E-state index contributed by atoms with van der Waals surface area (Å²) in [4.78, 5) is 40.2. The molecule has 0 spiro atoms. The zero-order valence-corrected chi connectivity index (χ0v) is 24.3. The van der Waals surface area contributed by atoms with Gasteiger partial charge in [-0.3, -0.25) is 14.4 Å². The Morgan fingerprint density at radius 2 is 1.65 bits per heavy atom. The number of nitrogens with two attached hydrogens (primary N) is 2. The molecule has 1 aliphatic heterocycles. The molecule has 2 aromatic rings. The molecule has 0 saturated carbocycles. The van der Waals surface area contributed by atoms with Gasteiger partial charge in [0.2, 0.25) is 17.7 Å². The molecule has 3 amide bonds. The van der Waals surface area contributed by atoms with Gasteiger partial charge in [-0.25, -0.2) is 5.84 Å². The number of hydrogen-bond acceptors (Lipinski definition) is 7. The lowest BCUT2D eigenvalue weighted by molar-refractivity contribution is -0.134. The van der Waals surface area contributed by atoms with E-state index in [9.17, 15) is 14.4 Å². The zero-order chi connectivity index (χ0) is 29.7. The van der Waals surface area contributed by atoms with Crippen LogP contribution in [0.5, 0.6) is 0 Å². The van der Waals surface area contributed by atoms with Gasteiger partial charge in [0.15, 0.2) is 0 Å². The summed E-state index contributed by atoms with van der Waals surface area (Å²) < 4.78 is 5.90. The van der Waals surface area contributed by atoms with Crippen LogP contribution >= 0.6 is 0 Å². The Hall–Kier alpha value is -3.89. The van der Waals surface area contributed by atoms with Crippen LogP contribution in [0, 0.1) is 5.41 Å². The Kier molecular flexibility index (Phi) is 9.60. The molecule has 3 rings (SSSR count). The first-order valence-corrected chi connectivity index (χ1v) is 13.4. The van der Waals surface area contributed by atoms with Crippen molar-refractivity contribution in [3.63, 3.8) is 0 Å². The lowest BCUT2D eigenvalue weighted by Gasteiger charge is -2.32. The first kappa shape index (κ1) is 30.6. The molecule has 0 aliphatic carbocycles. The molecule has 6 N–H and O–H groups in total. The van der Waals surface area contributed by atoms with E-state index < -0.39 is 11.0 Å². The van der Waals surface area contributed by atoms with Crippen molar-refractivity contribution in [1.82, 2.24) is 15.6 Å². The summed E-state index contributed by atoms with van der Waals surface area (Å²) in [6.07, 6.45) is 0.633. The van der Waals surface area contributed by atoms with Crippen LogP contribution in [-0.4, -0.2) is 55.6 Å². The summed E-state index contributed by atoms with van der Waals surface area (Å²) in [5.74, 6) is 5.57. The highest BCUT2D eigenvalue weighted by Gasteiger charge is 2.31. The molecule has 0 aromatic heterocycles. The topological polar surface area (TPSA) is 143 Å². The highest BCUT2D eigenvalue weighted by molar-refractivity contribution is 6.02. The summed E-state index contributed by atoms with van der Waals surface area (Å²) in [5, 5.41) is 6.87. The number of benzene rings is 2. The summed E-state index contributed by atoms with van der Waals surface area (Å²) in [6.45, 7) is 7.67. The number of carbonyl (C=O) groups is 3. The summed E-state index contributed by atoms with van der Waals surface area (Å²) in [5.41, 5.74) is 9.31. The Bertz CT molecular complexity index is 1280. The van der Waals surface area contributed by atoms with Crippen LogP contribution in [0.15, 0.2) is 48.5 Å². The maximum absolute atomic E-state index is 13.7. The molecule has 1 heterocycles. The van der Waals surface area contributed by atoms with Crippen molar-refractivity contribution in [2.75, 3.05) is 32.1 Å². The van der Waals surface area contributed by atoms with Crippen molar-refractivity contribution < 1.29 is 19.1 Å². The first-order chi connectivity index (χ1) is 18.8. The molecular weight excluding hydrogens is 508 g/mol. The first-order valence-electron chi connectivity index (χ1n) is 13.4. The molecular formula is C30H42N6O4. The van der Waals surface area contributed by atoms with Gasteiger partial charge in [-0.15, -0.1) is 0 Å². The Morgan fingerprint density at radius 1 is 1.02 bits per heavy atom. The minimum absolute atomic E-state index is 0.114. The van der Waals surface area contributed by atoms with E-state index in [4.69, 9.17) is 16.3 Å². The lowest BCUT2D eigenvalue weighted by atomic mass is 9.88. The molecule has 216 valence electrons. The molecule has 40 heavy (non-hydrogen) atoms. The SMILES string of the molecule is CNC(=O)CC(C)(C)OCCC(C)(C)C(=O)NCC(=O)N1Cc2ccccc2/C(N)=C(/N(C)N)c2ccccc21. The number of nitrogens with zero attached hydrogens (tertiary/aromatic N) is 2. The van der Waals surface area contributed by atoms with Crippen LogP contribution in [0.3, 0.4) is 0 Å². The maximum atomic E-state index is 13.7. The van der Waals surface area contributed by atoms with E-state index in [0.717, 1.165) is 16.7 Å². The number of hydrogen-bond donors (Lipinski definition) is 4. The average molecular weight is 551 g/mol. The summed E-state index contributed by atoms with van der Waals surface area (Å²) >= 11 is 0. The van der Waals surface area contributed by atoms with Crippen LogP contribution in [0.1, 0.15) is 57.2 Å². The van der Waals surface area contributed by atoms with Gasteiger partial charge in [-0.05, 0) is 31.9 Å². The van der Waals surface area contributed by atoms with Crippen molar-refractivity contribution in [2.24, 2.45) is 17.0 Å². The fourth-order valence-corrected chi connectivity index (χ4v) is 4.67. The third-order valence-corrected chi connectivity index (χ3v) is 7.09. The van der Waals surface area contributed by atoms with E-state index in [2.05, 4.69) is 10.6 Å². The quantitative estimate of drug-likeness (QED) is 0.263. The molecule has 0 unspecified atom stereocenters. The highest BCUT2D eigenvalue weighted by atomic mass is 16.5. The number of rotatable bonds is 10. The maximum Gasteiger partial charge on any atom is 0.246 e. The predicted molar refractivity (Wildman–Crippen MR) is 157 cm³/mol.